The van der Waals surface area contributed by atoms with Crippen molar-refractivity contribution in [3.63, 3.8) is 0 Å². The normalized spacial score (nSPS) is 22.1. The molecule has 1 atom stereocenters. The van der Waals surface area contributed by atoms with E-state index in [1.165, 1.54) is 0 Å². The number of likely N-dealkylation sites (tertiary alicyclic amines) is 2. The molecule has 2 fully saturated rings. The first-order valence-electron chi connectivity index (χ1n) is 9.07. The zero-order valence-corrected chi connectivity index (χ0v) is 14.8. The number of piperidine rings is 1. The van der Waals surface area contributed by atoms with E-state index < -0.39 is 0 Å². The Bertz CT molecular complexity index is 626. The largest absolute Gasteiger partial charge is 0.484 e. The maximum Gasteiger partial charge on any atom is 0.260 e. The molecule has 2 saturated heterocycles. The van der Waals surface area contributed by atoms with Crippen molar-refractivity contribution in [2.45, 2.75) is 44.7 Å². The fourth-order valence-corrected chi connectivity index (χ4v) is 3.93. The average molecular weight is 345 g/mol. The van der Waals surface area contributed by atoms with Gasteiger partial charge in [0.05, 0.1) is 6.04 Å². The van der Waals surface area contributed by atoms with E-state index >= 15 is 0 Å². The zero-order chi connectivity index (χ0) is 17.8. The number of primary amides is 1. The van der Waals surface area contributed by atoms with Crippen LogP contribution in [0, 0.1) is 6.92 Å². The smallest absolute Gasteiger partial charge is 0.260 e. The Kier molecular flexibility index (Phi) is 5.58. The number of carbonyl (C=O) groups is 2. The standard InChI is InChI=1S/C19H27N3O3/c1-14-5-2-3-7-17(14)25-13-18(23)21-11-8-15(9-12-21)22-10-4-6-16(22)19(20)24/h2-3,5,7,15-16H,4,6,8-13H2,1H3,(H2,20,24)/t16-/m0/s1. The second-order valence-corrected chi connectivity index (χ2v) is 6.96. The maximum absolute atomic E-state index is 12.4. The van der Waals surface area contributed by atoms with Gasteiger partial charge in [0.15, 0.2) is 6.61 Å². The van der Waals surface area contributed by atoms with Crippen molar-refractivity contribution in [1.82, 2.24) is 9.80 Å². The van der Waals surface area contributed by atoms with E-state index in [0.29, 0.717) is 19.1 Å². The molecular weight excluding hydrogens is 318 g/mol. The van der Waals surface area contributed by atoms with Crippen LogP contribution in [0.4, 0.5) is 0 Å². The Hall–Kier alpha value is -2.08. The molecule has 0 saturated carbocycles. The van der Waals surface area contributed by atoms with Gasteiger partial charge < -0.3 is 15.4 Å². The molecule has 1 aromatic carbocycles. The Morgan fingerprint density at radius 3 is 2.56 bits per heavy atom. The second-order valence-electron chi connectivity index (χ2n) is 6.96. The van der Waals surface area contributed by atoms with Crippen molar-refractivity contribution in [1.29, 1.82) is 0 Å². The third kappa shape index (κ3) is 4.12. The van der Waals surface area contributed by atoms with Crippen LogP contribution in [-0.2, 0) is 9.59 Å². The Morgan fingerprint density at radius 2 is 1.88 bits per heavy atom. The minimum Gasteiger partial charge on any atom is -0.484 e. The molecule has 0 radical (unpaired) electrons. The summed E-state index contributed by atoms with van der Waals surface area (Å²) >= 11 is 0. The molecule has 0 spiro atoms. The Balaban J connectivity index is 1.48. The lowest BCUT2D eigenvalue weighted by Crippen LogP contribution is -2.51. The van der Waals surface area contributed by atoms with Crippen LogP contribution in [0.3, 0.4) is 0 Å². The predicted octanol–water partition coefficient (Wildman–Crippen LogP) is 1.31. The van der Waals surface area contributed by atoms with Crippen LogP contribution in [0.15, 0.2) is 24.3 Å². The summed E-state index contributed by atoms with van der Waals surface area (Å²) in [6.07, 6.45) is 3.66. The van der Waals surface area contributed by atoms with Gasteiger partial charge in [0.1, 0.15) is 5.75 Å². The van der Waals surface area contributed by atoms with Crippen LogP contribution in [-0.4, -0.2) is 59.9 Å². The molecule has 0 unspecified atom stereocenters. The highest BCUT2D eigenvalue weighted by Gasteiger charge is 2.36. The van der Waals surface area contributed by atoms with Gasteiger partial charge in [-0.15, -0.1) is 0 Å². The van der Waals surface area contributed by atoms with E-state index in [2.05, 4.69) is 4.90 Å². The van der Waals surface area contributed by atoms with Crippen LogP contribution in [0.1, 0.15) is 31.2 Å². The summed E-state index contributed by atoms with van der Waals surface area (Å²) in [5.74, 6) is 0.560. The van der Waals surface area contributed by atoms with Gasteiger partial charge in [-0.3, -0.25) is 14.5 Å². The average Bonchev–Trinajstić information content (AvgIpc) is 3.11. The molecule has 136 valence electrons. The number of aryl methyl sites for hydroxylation is 1. The molecule has 2 aliphatic rings. The number of benzene rings is 1. The Labute approximate surface area is 148 Å². The number of hydrogen-bond donors (Lipinski definition) is 1. The van der Waals surface area contributed by atoms with Crippen LogP contribution >= 0.6 is 0 Å². The highest BCUT2D eigenvalue weighted by Crippen LogP contribution is 2.26. The van der Waals surface area contributed by atoms with Gasteiger partial charge in [-0.25, -0.2) is 0 Å². The highest BCUT2D eigenvalue weighted by atomic mass is 16.5. The fourth-order valence-electron chi connectivity index (χ4n) is 3.93. The number of nitrogens with zero attached hydrogens (tertiary/aromatic N) is 2. The van der Waals surface area contributed by atoms with Gasteiger partial charge in [0.25, 0.3) is 5.91 Å². The number of ether oxygens (including phenoxy) is 1. The third-order valence-electron chi connectivity index (χ3n) is 5.35. The lowest BCUT2D eigenvalue weighted by Gasteiger charge is -2.38. The summed E-state index contributed by atoms with van der Waals surface area (Å²) in [5.41, 5.74) is 6.54. The summed E-state index contributed by atoms with van der Waals surface area (Å²) < 4.78 is 5.66. The van der Waals surface area contributed by atoms with Crippen molar-refractivity contribution in [2.24, 2.45) is 5.73 Å². The van der Waals surface area contributed by atoms with E-state index in [1.54, 1.807) is 0 Å². The number of nitrogens with two attached hydrogens (primary N) is 1. The Morgan fingerprint density at radius 1 is 1.16 bits per heavy atom. The van der Waals surface area contributed by atoms with E-state index in [4.69, 9.17) is 10.5 Å². The number of amides is 2. The molecule has 6 nitrogen and oxygen atoms in total. The molecule has 0 aliphatic carbocycles. The van der Waals surface area contributed by atoms with Gasteiger partial charge >= 0.3 is 0 Å². The van der Waals surface area contributed by atoms with E-state index in [9.17, 15) is 9.59 Å². The number of para-hydroxylation sites is 1. The van der Waals surface area contributed by atoms with Gasteiger partial charge in [-0.2, -0.15) is 0 Å². The lowest BCUT2D eigenvalue weighted by atomic mass is 10.0. The van der Waals surface area contributed by atoms with Crippen LogP contribution in [0.25, 0.3) is 0 Å². The lowest BCUT2D eigenvalue weighted by molar-refractivity contribution is -0.135. The van der Waals surface area contributed by atoms with Crippen molar-refractivity contribution >= 4 is 11.8 Å². The van der Waals surface area contributed by atoms with E-state index in [1.807, 2.05) is 36.1 Å². The molecule has 0 aromatic heterocycles. The van der Waals surface area contributed by atoms with Crippen molar-refractivity contribution < 1.29 is 14.3 Å². The highest BCUT2D eigenvalue weighted by molar-refractivity contribution is 5.80. The first-order valence-corrected chi connectivity index (χ1v) is 9.07. The number of rotatable bonds is 5. The molecule has 2 amide bonds. The predicted molar refractivity (Wildman–Crippen MR) is 95.2 cm³/mol. The van der Waals surface area contributed by atoms with E-state index in [-0.39, 0.29) is 24.5 Å². The summed E-state index contributed by atoms with van der Waals surface area (Å²) in [7, 11) is 0. The summed E-state index contributed by atoms with van der Waals surface area (Å²) in [4.78, 5) is 28.1. The van der Waals surface area contributed by atoms with Gasteiger partial charge in [-0.1, -0.05) is 18.2 Å². The van der Waals surface area contributed by atoms with Gasteiger partial charge in [0, 0.05) is 19.1 Å². The first kappa shape index (κ1) is 17.7. The van der Waals surface area contributed by atoms with Crippen LogP contribution < -0.4 is 10.5 Å². The summed E-state index contributed by atoms with van der Waals surface area (Å²) in [6.45, 7) is 4.40. The molecular formula is C19H27N3O3. The van der Waals surface area contributed by atoms with E-state index in [0.717, 1.165) is 43.5 Å². The fraction of sp³-hybridized carbons (Fsp3) is 0.579. The monoisotopic (exact) mass is 345 g/mol. The molecule has 2 N–H and O–H groups in total. The molecule has 2 aliphatic heterocycles. The van der Waals surface area contributed by atoms with Crippen LogP contribution in [0.5, 0.6) is 5.75 Å². The molecule has 2 heterocycles. The number of carbonyl (C=O) groups excluding carboxylic acids is 2. The summed E-state index contributed by atoms with van der Waals surface area (Å²) in [5, 5.41) is 0. The minimum atomic E-state index is -0.220. The quantitative estimate of drug-likeness (QED) is 0.873. The SMILES string of the molecule is Cc1ccccc1OCC(=O)N1CCC(N2CCC[C@H]2C(N)=O)CC1. The second kappa shape index (κ2) is 7.87. The van der Waals surface area contributed by atoms with Crippen molar-refractivity contribution in [3.8, 4) is 5.75 Å². The molecule has 25 heavy (non-hydrogen) atoms. The minimum absolute atomic E-state index is 0.0228. The number of hydrogen-bond acceptors (Lipinski definition) is 4. The first-order chi connectivity index (χ1) is 12.1. The molecule has 3 rings (SSSR count). The van der Waals surface area contributed by atoms with Gasteiger partial charge in [-0.05, 0) is 50.8 Å². The topological polar surface area (TPSA) is 75.9 Å². The van der Waals surface area contributed by atoms with Crippen molar-refractivity contribution in [3.05, 3.63) is 29.8 Å². The summed E-state index contributed by atoms with van der Waals surface area (Å²) in [6, 6.07) is 7.93. The van der Waals surface area contributed by atoms with Crippen molar-refractivity contribution in [2.75, 3.05) is 26.2 Å². The van der Waals surface area contributed by atoms with Gasteiger partial charge in [0.2, 0.25) is 5.91 Å². The third-order valence-corrected chi connectivity index (χ3v) is 5.35. The molecule has 0 bridgehead atoms. The maximum atomic E-state index is 12.4. The molecule has 1 aromatic rings. The molecule has 6 heteroatoms. The zero-order valence-electron chi connectivity index (χ0n) is 14.8. The van der Waals surface area contributed by atoms with Crippen LogP contribution in [0.2, 0.25) is 0 Å².